The van der Waals surface area contributed by atoms with E-state index >= 15 is 0 Å². The van der Waals surface area contributed by atoms with Crippen molar-refractivity contribution in [1.82, 2.24) is 14.9 Å². The van der Waals surface area contributed by atoms with Crippen LogP contribution in [0.3, 0.4) is 0 Å². The Hall–Kier alpha value is -3.95. The lowest BCUT2D eigenvalue weighted by Gasteiger charge is -2.37. The third-order valence-corrected chi connectivity index (χ3v) is 7.66. The third kappa shape index (κ3) is 6.58. The summed E-state index contributed by atoms with van der Waals surface area (Å²) in [4.78, 5) is 36.7. The average Bonchev–Trinajstić information content (AvgIpc) is 2.94. The molecule has 1 aliphatic rings. The number of pyridine rings is 2. The second-order valence-corrected chi connectivity index (χ2v) is 11.9. The molecule has 0 unspecified atom stereocenters. The fraction of sp³-hybridized carbons (Fsp3) is 0.323. The monoisotopic (exact) mass is 609 g/mol. The fourth-order valence-electron chi connectivity index (χ4n) is 4.92. The Labute approximate surface area is 254 Å². The van der Waals surface area contributed by atoms with Gasteiger partial charge in [0, 0.05) is 66.3 Å². The van der Waals surface area contributed by atoms with E-state index in [2.05, 4.69) is 15.2 Å². The Balaban J connectivity index is 1.40. The zero-order chi connectivity index (χ0) is 30.0. The Bertz CT molecular complexity index is 1660. The maximum atomic E-state index is 12.9. The molecule has 1 amide bonds. The molecule has 11 heteroatoms. The smallest absolute Gasteiger partial charge is 0.410 e. The molecule has 0 radical (unpaired) electrons. The molecule has 5 rings (SSSR count). The first-order chi connectivity index (χ1) is 20.0. The van der Waals surface area contributed by atoms with Crippen molar-refractivity contribution in [1.29, 1.82) is 0 Å². The van der Waals surface area contributed by atoms with Crippen LogP contribution in [0.1, 0.15) is 32.0 Å². The Morgan fingerprint density at radius 3 is 2.40 bits per heavy atom. The molecule has 9 nitrogen and oxygen atoms in total. The van der Waals surface area contributed by atoms with Gasteiger partial charge in [0.2, 0.25) is 0 Å². The van der Waals surface area contributed by atoms with Crippen molar-refractivity contribution in [2.24, 2.45) is 0 Å². The first-order valence-corrected chi connectivity index (χ1v) is 14.4. The quantitative estimate of drug-likeness (QED) is 0.253. The molecule has 0 atom stereocenters. The van der Waals surface area contributed by atoms with E-state index in [1.807, 2.05) is 45.0 Å². The number of carbonyl (C=O) groups is 1. The van der Waals surface area contributed by atoms with Crippen molar-refractivity contribution in [3.63, 3.8) is 0 Å². The number of H-pyrrole nitrogens is 1. The SMILES string of the molecule is COc1cc(N2CCN(C(=O)OC(C)(C)C)CC2)ccc1Nc1cc(Cc2c(Cl)cccc2Cl)nc2cc[nH]c(=O)c12. The van der Waals surface area contributed by atoms with E-state index in [0.717, 1.165) is 11.3 Å². The van der Waals surface area contributed by atoms with E-state index in [4.69, 9.17) is 37.7 Å². The molecule has 1 aliphatic heterocycles. The molecule has 2 aromatic carbocycles. The van der Waals surface area contributed by atoms with Crippen molar-refractivity contribution in [2.75, 3.05) is 43.5 Å². The molecule has 1 saturated heterocycles. The summed E-state index contributed by atoms with van der Waals surface area (Å²) in [5, 5.41) is 4.92. The summed E-state index contributed by atoms with van der Waals surface area (Å²) in [5.74, 6) is 0.607. The van der Waals surface area contributed by atoms with Gasteiger partial charge in [-0.1, -0.05) is 29.3 Å². The number of hydrogen-bond donors (Lipinski definition) is 2. The number of piperazine rings is 1. The van der Waals surface area contributed by atoms with E-state index in [9.17, 15) is 9.59 Å². The number of nitrogens with zero attached hydrogens (tertiary/aromatic N) is 3. The highest BCUT2D eigenvalue weighted by molar-refractivity contribution is 6.36. The highest BCUT2D eigenvalue weighted by Gasteiger charge is 2.26. The number of hydrogen-bond acceptors (Lipinski definition) is 7. The summed E-state index contributed by atoms with van der Waals surface area (Å²) >= 11 is 12.9. The van der Waals surface area contributed by atoms with Gasteiger partial charge in [0.25, 0.3) is 5.56 Å². The normalized spacial score (nSPS) is 13.8. The molecule has 220 valence electrons. The van der Waals surface area contributed by atoms with Gasteiger partial charge in [0.05, 0.1) is 29.4 Å². The minimum absolute atomic E-state index is 0.261. The minimum Gasteiger partial charge on any atom is -0.494 e. The number of ether oxygens (including phenoxy) is 2. The predicted molar refractivity (Wildman–Crippen MR) is 168 cm³/mol. The molecular formula is C31H33Cl2N5O4. The number of amides is 1. The van der Waals surface area contributed by atoms with E-state index < -0.39 is 5.60 Å². The number of fused-ring (bicyclic) bond motifs is 1. The van der Waals surface area contributed by atoms with Gasteiger partial charge in [-0.2, -0.15) is 0 Å². The van der Waals surface area contributed by atoms with Crippen LogP contribution in [0, 0.1) is 0 Å². The molecule has 4 aromatic rings. The number of methoxy groups -OCH3 is 1. The highest BCUT2D eigenvalue weighted by atomic mass is 35.5. The van der Waals surface area contributed by atoms with Gasteiger partial charge in [0.15, 0.2) is 0 Å². The van der Waals surface area contributed by atoms with Gasteiger partial charge < -0.3 is 29.6 Å². The van der Waals surface area contributed by atoms with E-state index in [1.165, 1.54) is 0 Å². The van der Waals surface area contributed by atoms with Crippen LogP contribution in [0.4, 0.5) is 21.9 Å². The first kappa shape index (κ1) is 29.5. The predicted octanol–water partition coefficient (Wildman–Crippen LogP) is 6.63. The number of nitrogens with one attached hydrogen (secondary N) is 2. The summed E-state index contributed by atoms with van der Waals surface area (Å²) in [5.41, 5.74) is 3.44. The molecule has 0 saturated carbocycles. The van der Waals surface area contributed by atoms with Gasteiger partial charge in [0.1, 0.15) is 11.4 Å². The molecule has 2 N–H and O–H groups in total. The Morgan fingerprint density at radius 2 is 1.74 bits per heavy atom. The van der Waals surface area contributed by atoms with Crippen molar-refractivity contribution < 1.29 is 14.3 Å². The molecule has 42 heavy (non-hydrogen) atoms. The summed E-state index contributed by atoms with van der Waals surface area (Å²) in [6.07, 6.45) is 1.67. The van der Waals surface area contributed by atoms with Crippen LogP contribution < -0.4 is 20.5 Å². The zero-order valence-corrected chi connectivity index (χ0v) is 25.5. The maximum Gasteiger partial charge on any atom is 0.410 e. The number of anilines is 3. The first-order valence-electron chi connectivity index (χ1n) is 13.6. The summed E-state index contributed by atoms with van der Waals surface area (Å²) in [6, 6.07) is 14.8. The molecular weight excluding hydrogens is 577 g/mol. The van der Waals surface area contributed by atoms with Crippen molar-refractivity contribution >= 4 is 57.3 Å². The second-order valence-electron chi connectivity index (χ2n) is 11.1. The van der Waals surface area contributed by atoms with Crippen molar-refractivity contribution in [2.45, 2.75) is 32.8 Å². The minimum atomic E-state index is -0.530. The number of halogens is 2. The third-order valence-electron chi connectivity index (χ3n) is 6.95. The van der Waals surface area contributed by atoms with E-state index in [1.54, 1.807) is 42.5 Å². The average molecular weight is 611 g/mol. The van der Waals surface area contributed by atoms with Crippen LogP contribution >= 0.6 is 23.2 Å². The number of aromatic nitrogens is 2. The highest BCUT2D eigenvalue weighted by Crippen LogP contribution is 2.35. The molecule has 0 aliphatic carbocycles. The summed E-state index contributed by atoms with van der Waals surface area (Å²) in [6.45, 7) is 8.03. The second kappa shape index (κ2) is 12.1. The topological polar surface area (TPSA) is 99.8 Å². The number of aromatic amines is 1. The lowest BCUT2D eigenvalue weighted by atomic mass is 10.1. The van der Waals surface area contributed by atoms with Crippen LogP contribution in [-0.2, 0) is 11.2 Å². The zero-order valence-electron chi connectivity index (χ0n) is 24.0. The number of carbonyl (C=O) groups excluding carboxylic acids is 1. The van der Waals surface area contributed by atoms with E-state index in [-0.39, 0.29) is 11.7 Å². The fourth-order valence-corrected chi connectivity index (χ4v) is 5.45. The van der Waals surface area contributed by atoms with Crippen LogP contribution in [-0.4, -0.2) is 59.9 Å². The van der Waals surface area contributed by atoms with Crippen LogP contribution in [0.2, 0.25) is 10.0 Å². The Kier molecular flexibility index (Phi) is 8.52. The van der Waals surface area contributed by atoms with Gasteiger partial charge in [-0.05, 0) is 62.7 Å². The number of rotatable bonds is 6. The lowest BCUT2D eigenvalue weighted by molar-refractivity contribution is 0.0240. The largest absolute Gasteiger partial charge is 0.494 e. The molecule has 3 heterocycles. The summed E-state index contributed by atoms with van der Waals surface area (Å²) in [7, 11) is 1.60. The van der Waals surface area contributed by atoms with Crippen molar-refractivity contribution in [3.8, 4) is 5.75 Å². The molecule has 2 aromatic heterocycles. The molecule has 0 spiro atoms. The van der Waals surface area contributed by atoms with Crippen LogP contribution in [0.25, 0.3) is 10.9 Å². The maximum absolute atomic E-state index is 12.9. The number of benzene rings is 2. The van der Waals surface area contributed by atoms with Gasteiger partial charge in [-0.15, -0.1) is 0 Å². The van der Waals surface area contributed by atoms with Gasteiger partial charge in [-0.25, -0.2) is 4.79 Å². The molecule has 0 bridgehead atoms. The Morgan fingerprint density at radius 1 is 1.02 bits per heavy atom. The summed E-state index contributed by atoms with van der Waals surface area (Å²) < 4.78 is 11.3. The van der Waals surface area contributed by atoms with E-state index in [0.29, 0.717) is 76.4 Å². The van der Waals surface area contributed by atoms with Crippen LogP contribution in [0.15, 0.2) is 59.5 Å². The van der Waals surface area contributed by atoms with Crippen LogP contribution in [0.5, 0.6) is 5.75 Å². The van der Waals surface area contributed by atoms with Gasteiger partial charge in [-0.3, -0.25) is 9.78 Å². The lowest BCUT2D eigenvalue weighted by Crippen LogP contribution is -2.50. The van der Waals surface area contributed by atoms with Crippen molar-refractivity contribution in [3.05, 3.63) is 86.4 Å². The molecule has 1 fully saturated rings. The standard InChI is InChI=1S/C31H33Cl2N5O4/c1-31(2,3)42-30(40)38-14-12-37(13-15-38)20-8-9-24(27(18-20)41-4)36-26-17-19(16-21-22(32)6-5-7-23(21)33)35-25-10-11-34-29(39)28(25)26/h5-11,17-18H,12-16H2,1-4H3,(H,34,39)(H,35,36). The van der Waals surface area contributed by atoms with Gasteiger partial charge >= 0.3 is 6.09 Å².